The summed E-state index contributed by atoms with van der Waals surface area (Å²) in [7, 11) is 0. The van der Waals surface area contributed by atoms with Crippen LogP contribution in [0.15, 0.2) is 12.2 Å². The van der Waals surface area contributed by atoms with Crippen LogP contribution in [0, 0.1) is 5.92 Å². The van der Waals surface area contributed by atoms with Gasteiger partial charge in [-0.25, -0.2) is 14.5 Å². The largest absolute Gasteiger partial charge is 0.424 e. The molecule has 0 unspecified atom stereocenters. The molecule has 0 saturated carbocycles. The van der Waals surface area contributed by atoms with Gasteiger partial charge in [0.25, 0.3) is 0 Å². The van der Waals surface area contributed by atoms with Gasteiger partial charge in [-0.1, -0.05) is 20.4 Å². The third-order valence-electron chi connectivity index (χ3n) is 2.64. The molecule has 0 aliphatic rings. The molecule has 0 aromatic heterocycles. The molecule has 120 valence electrons. The van der Waals surface area contributed by atoms with E-state index in [-0.39, 0.29) is 23.9 Å². The lowest BCUT2D eigenvalue weighted by Crippen LogP contribution is -2.42. The second-order valence-corrected chi connectivity index (χ2v) is 5.53. The number of hydrogen-bond acceptors (Lipinski definition) is 5. The van der Waals surface area contributed by atoms with Crippen LogP contribution < -0.4 is 0 Å². The normalized spacial score (nSPS) is 10.4. The summed E-state index contributed by atoms with van der Waals surface area (Å²) in [5, 5.41) is 0. The molecule has 0 fully saturated rings. The van der Waals surface area contributed by atoms with E-state index >= 15 is 0 Å². The van der Waals surface area contributed by atoms with Crippen molar-refractivity contribution in [3.8, 4) is 0 Å². The van der Waals surface area contributed by atoms with Gasteiger partial charge in [0.2, 0.25) is 12.7 Å². The maximum atomic E-state index is 12.0. The van der Waals surface area contributed by atoms with E-state index < -0.39 is 18.9 Å². The molecule has 0 aromatic carbocycles. The van der Waals surface area contributed by atoms with Crippen LogP contribution in [0.5, 0.6) is 0 Å². The zero-order valence-corrected chi connectivity index (χ0v) is 13.5. The average Bonchev–Trinajstić information content (AvgIpc) is 2.35. The Morgan fingerprint density at radius 2 is 1.67 bits per heavy atom. The number of amides is 2. The fraction of sp³-hybridized carbons (Fsp3) is 0.667. The molecule has 21 heavy (non-hydrogen) atoms. The van der Waals surface area contributed by atoms with Crippen LogP contribution >= 0.6 is 0 Å². The molecule has 0 aromatic rings. The Morgan fingerprint density at radius 1 is 1.10 bits per heavy atom. The molecule has 2 amide bonds. The van der Waals surface area contributed by atoms with E-state index in [0.717, 1.165) is 4.90 Å². The number of imide groups is 1. The monoisotopic (exact) mass is 299 g/mol. The second-order valence-electron chi connectivity index (χ2n) is 5.53. The number of ether oxygens (including phenoxy) is 2. The van der Waals surface area contributed by atoms with Crippen LogP contribution in [0.1, 0.15) is 47.5 Å². The summed E-state index contributed by atoms with van der Waals surface area (Å²) in [6.07, 6.45) is 0.157. The first kappa shape index (κ1) is 19.1. The zero-order chi connectivity index (χ0) is 16.6. The number of carbonyl (C=O) groups excluding carboxylic acids is 3. The minimum absolute atomic E-state index is 0.208. The molecule has 0 radical (unpaired) electrons. The molecular formula is C15H25NO5. The van der Waals surface area contributed by atoms with Crippen molar-refractivity contribution in [2.24, 2.45) is 5.92 Å². The Bertz CT molecular complexity index is 401. The maximum Gasteiger partial charge on any atom is 0.419 e. The van der Waals surface area contributed by atoms with Gasteiger partial charge < -0.3 is 9.47 Å². The third-order valence-corrected chi connectivity index (χ3v) is 2.64. The van der Waals surface area contributed by atoms with Crippen LogP contribution in [0.2, 0.25) is 0 Å². The molecule has 0 bridgehead atoms. The minimum Gasteiger partial charge on any atom is -0.424 e. The minimum atomic E-state index is -0.812. The third kappa shape index (κ3) is 7.48. The number of nitrogens with zero attached hydrogens (tertiary/aromatic N) is 1. The van der Waals surface area contributed by atoms with Gasteiger partial charge >= 0.3 is 12.1 Å². The van der Waals surface area contributed by atoms with Crippen molar-refractivity contribution >= 4 is 18.0 Å². The highest BCUT2D eigenvalue weighted by molar-refractivity contribution is 5.92. The fourth-order valence-electron chi connectivity index (χ4n) is 1.46. The summed E-state index contributed by atoms with van der Waals surface area (Å²) in [4.78, 5) is 36.1. The van der Waals surface area contributed by atoms with Crippen LogP contribution in [0.3, 0.4) is 0 Å². The summed E-state index contributed by atoms with van der Waals surface area (Å²) >= 11 is 0. The van der Waals surface area contributed by atoms with Gasteiger partial charge in [-0.15, -0.1) is 0 Å². The first-order chi connectivity index (χ1) is 9.66. The van der Waals surface area contributed by atoms with Crippen molar-refractivity contribution in [1.29, 1.82) is 0 Å². The number of rotatable bonds is 7. The number of hydrogen-bond donors (Lipinski definition) is 0. The quantitative estimate of drug-likeness (QED) is 0.410. The molecule has 0 spiro atoms. The van der Waals surface area contributed by atoms with Gasteiger partial charge in [0.05, 0.1) is 0 Å². The van der Waals surface area contributed by atoms with Crippen molar-refractivity contribution < 1.29 is 23.9 Å². The first-order valence-electron chi connectivity index (χ1n) is 6.98. The Morgan fingerprint density at radius 3 is 2.10 bits per heavy atom. The van der Waals surface area contributed by atoms with Crippen LogP contribution in [0.25, 0.3) is 0 Å². The summed E-state index contributed by atoms with van der Waals surface area (Å²) in [5.74, 6) is -0.574. The lowest BCUT2D eigenvalue weighted by atomic mass is 10.1. The maximum absolute atomic E-state index is 12.0. The first-order valence-corrected chi connectivity index (χ1v) is 6.98. The highest BCUT2D eigenvalue weighted by atomic mass is 16.7. The Hall–Kier alpha value is -1.85. The van der Waals surface area contributed by atoms with Crippen molar-refractivity contribution in [3.63, 3.8) is 0 Å². The standard InChI is InChI=1S/C15H25NO5/c1-10(2)7-8-13(17)16(12(5)6)15(19)21-9-20-14(18)11(3)4/h10,12H,3,7-9H2,1-2,4-6H3. The van der Waals surface area contributed by atoms with Crippen molar-refractivity contribution in [3.05, 3.63) is 12.2 Å². The Balaban J connectivity index is 4.46. The number of carbonyl (C=O) groups is 3. The van der Waals surface area contributed by atoms with Crippen molar-refractivity contribution in [1.82, 2.24) is 4.90 Å². The Kier molecular flexibility index (Phi) is 8.35. The molecule has 0 atom stereocenters. The summed E-state index contributed by atoms with van der Waals surface area (Å²) in [6, 6.07) is -0.325. The van der Waals surface area contributed by atoms with Gasteiger partial charge in [0.15, 0.2) is 0 Å². The highest BCUT2D eigenvalue weighted by Gasteiger charge is 2.26. The lowest BCUT2D eigenvalue weighted by molar-refractivity contribution is -0.148. The van der Waals surface area contributed by atoms with E-state index in [1.54, 1.807) is 13.8 Å². The van der Waals surface area contributed by atoms with Crippen LogP contribution in [-0.4, -0.2) is 35.7 Å². The van der Waals surface area contributed by atoms with E-state index in [1.807, 2.05) is 13.8 Å². The molecule has 0 saturated heterocycles. The SMILES string of the molecule is C=C(C)C(=O)OCOC(=O)N(C(=O)CCC(C)C)C(C)C. The molecule has 6 heteroatoms. The average molecular weight is 299 g/mol. The number of esters is 1. The fourth-order valence-corrected chi connectivity index (χ4v) is 1.46. The molecule has 6 nitrogen and oxygen atoms in total. The molecule has 0 aliphatic heterocycles. The zero-order valence-electron chi connectivity index (χ0n) is 13.5. The topological polar surface area (TPSA) is 72.9 Å². The summed E-state index contributed by atoms with van der Waals surface area (Å²) < 4.78 is 9.46. The van der Waals surface area contributed by atoms with Crippen LogP contribution in [0.4, 0.5) is 4.79 Å². The molecule has 0 heterocycles. The van der Waals surface area contributed by atoms with E-state index in [9.17, 15) is 14.4 Å². The summed E-state index contributed by atoms with van der Waals surface area (Å²) in [6.45, 7) is 11.8. The molecule has 0 rings (SSSR count). The van der Waals surface area contributed by atoms with E-state index in [0.29, 0.717) is 12.3 Å². The smallest absolute Gasteiger partial charge is 0.419 e. The molecule has 0 aliphatic carbocycles. The van der Waals surface area contributed by atoms with Gasteiger partial charge in [-0.05, 0) is 33.1 Å². The van der Waals surface area contributed by atoms with Crippen molar-refractivity contribution in [2.75, 3.05) is 6.79 Å². The highest BCUT2D eigenvalue weighted by Crippen LogP contribution is 2.10. The van der Waals surface area contributed by atoms with E-state index in [2.05, 4.69) is 11.3 Å². The molecular weight excluding hydrogens is 274 g/mol. The van der Waals surface area contributed by atoms with Gasteiger partial charge in [0, 0.05) is 18.0 Å². The molecule has 0 N–H and O–H groups in total. The second kappa shape index (κ2) is 9.15. The van der Waals surface area contributed by atoms with Gasteiger partial charge in [-0.2, -0.15) is 0 Å². The van der Waals surface area contributed by atoms with Gasteiger partial charge in [-0.3, -0.25) is 4.79 Å². The van der Waals surface area contributed by atoms with E-state index in [1.165, 1.54) is 6.92 Å². The predicted octanol–water partition coefficient (Wildman–Crippen LogP) is 2.87. The summed E-state index contributed by atoms with van der Waals surface area (Å²) in [5.41, 5.74) is 0.208. The Labute approximate surface area is 126 Å². The lowest BCUT2D eigenvalue weighted by Gasteiger charge is -2.24. The predicted molar refractivity (Wildman–Crippen MR) is 78.3 cm³/mol. The van der Waals surface area contributed by atoms with Crippen LogP contribution in [-0.2, 0) is 19.1 Å². The van der Waals surface area contributed by atoms with Gasteiger partial charge in [0.1, 0.15) is 0 Å². The van der Waals surface area contributed by atoms with E-state index in [4.69, 9.17) is 4.74 Å². The van der Waals surface area contributed by atoms with Crippen molar-refractivity contribution in [2.45, 2.75) is 53.5 Å².